The molecule has 0 N–H and O–H groups in total. The minimum Gasteiger partial charge on any atom is -0.489 e. The Hall–Kier alpha value is -1.51. The highest BCUT2D eigenvalue weighted by atomic mass is 16.5. The molecule has 0 fully saturated rings. The van der Waals surface area contributed by atoms with Crippen LogP contribution < -0.4 is 9.30 Å². The average Bonchev–Trinajstić information content (AvgIpc) is 2.49. The Morgan fingerprint density at radius 2 is 2.15 bits per heavy atom. The van der Waals surface area contributed by atoms with Crippen molar-refractivity contribution in [2.45, 2.75) is 6.92 Å². The predicted octanol–water partition coefficient (Wildman–Crippen LogP) is 1.08. The second-order valence-corrected chi connectivity index (χ2v) is 3.17. The van der Waals surface area contributed by atoms with Crippen LogP contribution in [0.5, 0.6) is 5.75 Å². The largest absolute Gasteiger partial charge is 0.489 e. The summed E-state index contributed by atoms with van der Waals surface area (Å²) < 4.78 is 9.45. The van der Waals surface area contributed by atoms with E-state index in [4.69, 9.17) is 4.74 Å². The molecule has 0 saturated heterocycles. The van der Waals surface area contributed by atoms with Gasteiger partial charge in [-0.3, -0.25) is 0 Å². The zero-order valence-electron chi connectivity index (χ0n) is 8.11. The summed E-state index contributed by atoms with van der Waals surface area (Å²) in [5.41, 5.74) is 2.24. The maximum absolute atomic E-state index is 5.36. The van der Waals surface area contributed by atoms with E-state index in [-0.39, 0.29) is 0 Å². The topological polar surface area (TPSA) is 17.5 Å². The number of hydrogen-bond donors (Lipinski definition) is 0. The monoisotopic (exact) mass is 177 g/mol. The highest BCUT2D eigenvalue weighted by Gasteiger charge is 2.14. The van der Waals surface area contributed by atoms with E-state index in [9.17, 15) is 0 Å². The van der Waals surface area contributed by atoms with Crippen molar-refractivity contribution in [3.05, 3.63) is 30.2 Å². The molecular formula is C10H13N2O+. The highest BCUT2D eigenvalue weighted by Crippen LogP contribution is 2.20. The van der Waals surface area contributed by atoms with Crippen molar-refractivity contribution in [1.82, 2.24) is 4.40 Å². The van der Waals surface area contributed by atoms with Crippen LogP contribution in [0.4, 0.5) is 0 Å². The van der Waals surface area contributed by atoms with Crippen molar-refractivity contribution < 1.29 is 9.30 Å². The first-order valence-corrected chi connectivity index (χ1v) is 4.24. The molecule has 0 aliphatic carbocycles. The summed E-state index contributed by atoms with van der Waals surface area (Å²) in [6, 6.07) is 2.05. The lowest BCUT2D eigenvalue weighted by Gasteiger charge is -2.02. The molecule has 0 aromatic carbocycles. The molecule has 0 amide bonds. The van der Waals surface area contributed by atoms with Gasteiger partial charge >= 0.3 is 5.65 Å². The molecule has 0 spiro atoms. The van der Waals surface area contributed by atoms with Gasteiger partial charge in [0.05, 0.1) is 20.4 Å². The minimum atomic E-state index is 0.940. The van der Waals surface area contributed by atoms with Crippen molar-refractivity contribution in [3.63, 3.8) is 0 Å². The highest BCUT2D eigenvalue weighted by molar-refractivity contribution is 5.53. The second-order valence-electron chi connectivity index (χ2n) is 3.17. The number of aromatic nitrogens is 2. The molecule has 0 aliphatic heterocycles. The Kier molecular flexibility index (Phi) is 1.72. The number of fused-ring (bicyclic) bond motifs is 1. The Morgan fingerprint density at radius 3 is 2.85 bits per heavy atom. The fourth-order valence-corrected chi connectivity index (χ4v) is 1.59. The predicted molar refractivity (Wildman–Crippen MR) is 49.9 cm³/mol. The molecule has 0 radical (unpaired) electrons. The summed E-state index contributed by atoms with van der Waals surface area (Å²) in [7, 11) is 3.71. The number of pyridine rings is 1. The van der Waals surface area contributed by atoms with Crippen LogP contribution in [-0.2, 0) is 7.05 Å². The van der Waals surface area contributed by atoms with E-state index in [0.29, 0.717) is 0 Å². The maximum Gasteiger partial charge on any atom is 0.329 e. The number of hydrogen-bond acceptors (Lipinski definition) is 1. The van der Waals surface area contributed by atoms with Crippen LogP contribution >= 0.6 is 0 Å². The third kappa shape index (κ3) is 1.08. The van der Waals surface area contributed by atoms with Crippen molar-refractivity contribution in [2.75, 3.05) is 7.11 Å². The van der Waals surface area contributed by atoms with Crippen molar-refractivity contribution in [1.29, 1.82) is 0 Å². The molecule has 0 aliphatic rings. The van der Waals surface area contributed by atoms with Gasteiger partial charge in [0.1, 0.15) is 12.4 Å². The van der Waals surface area contributed by atoms with Gasteiger partial charge in [0.15, 0.2) is 0 Å². The molecular weight excluding hydrogens is 164 g/mol. The van der Waals surface area contributed by atoms with E-state index in [0.717, 1.165) is 17.0 Å². The Labute approximate surface area is 77.2 Å². The summed E-state index contributed by atoms with van der Waals surface area (Å²) in [6.07, 6.45) is 6.06. The van der Waals surface area contributed by atoms with E-state index in [1.807, 2.05) is 47.6 Å². The molecule has 3 heteroatoms. The Morgan fingerprint density at radius 1 is 1.38 bits per heavy atom. The van der Waals surface area contributed by atoms with Crippen LogP contribution in [0.25, 0.3) is 5.65 Å². The van der Waals surface area contributed by atoms with Crippen molar-refractivity contribution in [2.24, 2.45) is 7.05 Å². The molecule has 0 unspecified atom stereocenters. The van der Waals surface area contributed by atoms with Crippen LogP contribution in [0.2, 0.25) is 0 Å². The number of rotatable bonds is 1. The van der Waals surface area contributed by atoms with Gasteiger partial charge in [-0.1, -0.05) is 0 Å². The lowest BCUT2D eigenvalue weighted by Crippen LogP contribution is -2.26. The van der Waals surface area contributed by atoms with E-state index in [1.165, 1.54) is 0 Å². The number of imidazole rings is 1. The average molecular weight is 177 g/mol. The lowest BCUT2D eigenvalue weighted by atomic mass is 10.3. The van der Waals surface area contributed by atoms with E-state index >= 15 is 0 Å². The second kappa shape index (κ2) is 2.76. The van der Waals surface area contributed by atoms with Gasteiger partial charge in [0.2, 0.25) is 5.75 Å². The van der Waals surface area contributed by atoms with Crippen molar-refractivity contribution in [3.8, 4) is 5.75 Å². The Balaban J connectivity index is 2.88. The first-order valence-electron chi connectivity index (χ1n) is 4.24. The molecule has 2 heterocycles. The van der Waals surface area contributed by atoms with Crippen LogP contribution in [0.1, 0.15) is 5.56 Å². The van der Waals surface area contributed by atoms with Gasteiger partial charge in [-0.2, -0.15) is 4.40 Å². The smallest absolute Gasteiger partial charge is 0.329 e. The molecule has 68 valence electrons. The number of aryl methyl sites for hydroxylation is 2. The first-order chi connectivity index (χ1) is 6.24. The zero-order chi connectivity index (χ0) is 9.42. The lowest BCUT2D eigenvalue weighted by molar-refractivity contribution is -0.644. The summed E-state index contributed by atoms with van der Waals surface area (Å²) in [4.78, 5) is 0. The van der Waals surface area contributed by atoms with Gasteiger partial charge in [0.25, 0.3) is 0 Å². The van der Waals surface area contributed by atoms with Crippen LogP contribution in [-0.4, -0.2) is 11.5 Å². The van der Waals surface area contributed by atoms with Gasteiger partial charge in [-0.15, -0.1) is 0 Å². The molecule has 0 atom stereocenters. The fraction of sp³-hybridized carbons (Fsp3) is 0.300. The number of methoxy groups -OCH3 is 1. The van der Waals surface area contributed by atoms with Crippen LogP contribution in [0.15, 0.2) is 24.7 Å². The molecule has 2 aromatic rings. The summed E-state index contributed by atoms with van der Waals surface area (Å²) in [5.74, 6) is 0.940. The van der Waals surface area contributed by atoms with E-state index in [1.54, 1.807) is 7.11 Å². The minimum absolute atomic E-state index is 0.940. The molecule has 3 nitrogen and oxygen atoms in total. The summed E-state index contributed by atoms with van der Waals surface area (Å²) in [6.45, 7) is 2.05. The van der Waals surface area contributed by atoms with Crippen molar-refractivity contribution >= 4 is 5.65 Å². The summed E-state index contributed by atoms with van der Waals surface area (Å²) >= 11 is 0. The van der Waals surface area contributed by atoms with Gasteiger partial charge < -0.3 is 4.74 Å². The normalized spacial score (nSPS) is 10.7. The molecule has 13 heavy (non-hydrogen) atoms. The van der Waals surface area contributed by atoms with Gasteiger partial charge in [0, 0.05) is 5.56 Å². The molecule has 0 bridgehead atoms. The third-order valence-corrected chi connectivity index (χ3v) is 2.28. The molecule has 2 rings (SSSR count). The quantitative estimate of drug-likeness (QED) is 0.596. The number of nitrogens with zero attached hydrogens (tertiary/aromatic N) is 2. The van der Waals surface area contributed by atoms with Gasteiger partial charge in [-0.05, 0) is 13.0 Å². The van der Waals surface area contributed by atoms with E-state index in [2.05, 4.69) is 0 Å². The van der Waals surface area contributed by atoms with Gasteiger partial charge in [-0.25, -0.2) is 4.57 Å². The summed E-state index contributed by atoms with van der Waals surface area (Å²) in [5, 5.41) is 0. The third-order valence-electron chi connectivity index (χ3n) is 2.28. The molecule has 2 aromatic heterocycles. The number of ether oxygens (including phenoxy) is 1. The molecule has 0 saturated carbocycles. The van der Waals surface area contributed by atoms with E-state index < -0.39 is 0 Å². The first kappa shape index (κ1) is 8.10. The van der Waals surface area contributed by atoms with Crippen LogP contribution in [0.3, 0.4) is 0 Å². The van der Waals surface area contributed by atoms with Crippen LogP contribution in [0, 0.1) is 6.92 Å². The zero-order valence-corrected chi connectivity index (χ0v) is 8.11. The standard InChI is InChI=1S/C10H13N2O/c1-8-4-5-12-7-6-11(2)10(12)9(8)13-3/h4-7H,1-3H3/q+1. The SMILES string of the molecule is COc1c(C)ccn2cc[n+](C)c12. The fourth-order valence-electron chi connectivity index (χ4n) is 1.59. The maximum atomic E-state index is 5.36. The Bertz CT molecular complexity index is 445.